The number of hydrazone groups is 1. The zero-order chi connectivity index (χ0) is 20.7. The van der Waals surface area contributed by atoms with Crippen LogP contribution in [0.1, 0.15) is 29.4 Å². The Morgan fingerprint density at radius 3 is 2.55 bits per heavy atom. The lowest BCUT2D eigenvalue weighted by molar-refractivity contribution is -0.114. The van der Waals surface area contributed by atoms with Crippen molar-refractivity contribution in [2.75, 3.05) is 5.01 Å². The maximum atomic E-state index is 13.0. The molecule has 2 aromatic carbocycles. The summed E-state index contributed by atoms with van der Waals surface area (Å²) in [6.07, 6.45) is 1.74. The molecular formula is C24H21ClN2O2. The van der Waals surface area contributed by atoms with Gasteiger partial charge in [-0.2, -0.15) is 10.1 Å². The highest BCUT2D eigenvalue weighted by atomic mass is 35.5. The lowest BCUT2D eigenvalue weighted by Gasteiger charge is -2.13. The zero-order valence-electron chi connectivity index (χ0n) is 16.8. The van der Waals surface area contributed by atoms with Gasteiger partial charge in [0.2, 0.25) is 0 Å². The van der Waals surface area contributed by atoms with Gasteiger partial charge in [0.1, 0.15) is 11.5 Å². The molecule has 0 atom stereocenters. The highest BCUT2D eigenvalue weighted by molar-refractivity contribution is 6.32. The first kappa shape index (κ1) is 19.2. The molecule has 3 aromatic rings. The second-order valence-electron chi connectivity index (χ2n) is 7.24. The predicted octanol–water partition coefficient (Wildman–Crippen LogP) is 6.33. The Bertz CT molecular complexity index is 1190. The number of hydrogen-bond donors (Lipinski definition) is 0. The minimum Gasteiger partial charge on any atom is -0.457 e. The molecule has 1 aliphatic rings. The Morgan fingerprint density at radius 1 is 1.00 bits per heavy atom. The number of amides is 1. The summed E-state index contributed by atoms with van der Waals surface area (Å²) in [4.78, 5) is 13.0. The Labute approximate surface area is 175 Å². The SMILES string of the molecule is CC1=NN(c2ccc(C)c(C)c2)C(=O)C1=Cc1ccc(-c2cccc(Cl)c2C)o1. The number of benzene rings is 2. The fraction of sp³-hybridized carbons (Fsp3) is 0.167. The minimum atomic E-state index is -0.164. The van der Waals surface area contributed by atoms with Crippen LogP contribution in [-0.2, 0) is 4.79 Å². The highest BCUT2D eigenvalue weighted by Crippen LogP contribution is 2.31. The summed E-state index contributed by atoms with van der Waals surface area (Å²) in [5.41, 5.74) is 6.12. The van der Waals surface area contributed by atoms with Crippen molar-refractivity contribution in [3.05, 3.63) is 81.6 Å². The standard InChI is InChI=1S/C24H21ClN2O2/c1-14-8-9-18(12-15(14)2)27-24(28)21(17(4)26-27)13-19-10-11-23(29-19)20-6-5-7-22(25)16(20)3/h5-13H,1-4H3. The van der Waals surface area contributed by atoms with E-state index in [1.165, 1.54) is 10.6 Å². The van der Waals surface area contributed by atoms with Crippen LogP contribution in [-0.4, -0.2) is 11.6 Å². The predicted molar refractivity (Wildman–Crippen MR) is 118 cm³/mol. The number of aryl methyl sites for hydroxylation is 2. The topological polar surface area (TPSA) is 45.8 Å². The molecule has 0 saturated heterocycles. The molecule has 1 aliphatic heterocycles. The summed E-state index contributed by atoms with van der Waals surface area (Å²) in [6, 6.07) is 15.3. The van der Waals surface area contributed by atoms with Crippen LogP contribution in [0.2, 0.25) is 5.02 Å². The van der Waals surface area contributed by atoms with Crippen LogP contribution in [0.5, 0.6) is 0 Å². The monoisotopic (exact) mass is 404 g/mol. The highest BCUT2D eigenvalue weighted by Gasteiger charge is 2.29. The van der Waals surface area contributed by atoms with Crippen LogP contribution < -0.4 is 5.01 Å². The summed E-state index contributed by atoms with van der Waals surface area (Å²) in [7, 11) is 0. The molecule has 0 radical (unpaired) electrons. The third-order valence-electron chi connectivity index (χ3n) is 5.24. The molecule has 0 spiro atoms. The lowest BCUT2D eigenvalue weighted by Crippen LogP contribution is -2.21. The first-order valence-electron chi connectivity index (χ1n) is 9.39. The Morgan fingerprint density at radius 2 is 1.79 bits per heavy atom. The van der Waals surface area contributed by atoms with E-state index in [9.17, 15) is 4.79 Å². The number of anilines is 1. The van der Waals surface area contributed by atoms with Crippen molar-refractivity contribution >= 4 is 35.0 Å². The van der Waals surface area contributed by atoms with Crippen LogP contribution in [0.25, 0.3) is 17.4 Å². The molecule has 0 N–H and O–H groups in total. The fourth-order valence-corrected chi connectivity index (χ4v) is 3.48. The van der Waals surface area contributed by atoms with E-state index in [-0.39, 0.29) is 5.91 Å². The zero-order valence-corrected chi connectivity index (χ0v) is 17.5. The van der Waals surface area contributed by atoms with Gasteiger partial charge in [-0.05, 0) is 80.8 Å². The van der Waals surface area contributed by atoms with Crippen LogP contribution in [0.4, 0.5) is 5.69 Å². The normalized spacial score (nSPS) is 15.3. The van der Waals surface area contributed by atoms with E-state index in [0.29, 0.717) is 27.8 Å². The van der Waals surface area contributed by atoms with E-state index in [1.54, 1.807) is 6.08 Å². The number of furan rings is 1. The van der Waals surface area contributed by atoms with Crippen LogP contribution >= 0.6 is 11.6 Å². The maximum Gasteiger partial charge on any atom is 0.280 e. The van der Waals surface area contributed by atoms with Crippen molar-refractivity contribution in [1.29, 1.82) is 0 Å². The molecular weight excluding hydrogens is 384 g/mol. The first-order chi connectivity index (χ1) is 13.8. The molecule has 29 heavy (non-hydrogen) atoms. The molecule has 4 nitrogen and oxygen atoms in total. The number of halogens is 1. The molecule has 4 rings (SSSR count). The van der Waals surface area contributed by atoms with E-state index >= 15 is 0 Å². The molecule has 0 saturated carbocycles. The second-order valence-corrected chi connectivity index (χ2v) is 7.65. The van der Waals surface area contributed by atoms with Crippen molar-refractivity contribution in [1.82, 2.24) is 0 Å². The largest absolute Gasteiger partial charge is 0.457 e. The van der Waals surface area contributed by atoms with Crippen LogP contribution in [0.15, 0.2) is 63.6 Å². The molecule has 0 unspecified atom stereocenters. The molecule has 146 valence electrons. The Hall–Kier alpha value is -3.11. The summed E-state index contributed by atoms with van der Waals surface area (Å²) < 4.78 is 5.98. The first-order valence-corrected chi connectivity index (χ1v) is 9.77. The van der Waals surface area contributed by atoms with Crippen molar-refractivity contribution in [3.63, 3.8) is 0 Å². The third-order valence-corrected chi connectivity index (χ3v) is 5.65. The van der Waals surface area contributed by atoms with E-state index in [1.807, 2.05) is 76.2 Å². The number of hydrogen-bond acceptors (Lipinski definition) is 3. The maximum absolute atomic E-state index is 13.0. The molecule has 1 aromatic heterocycles. The van der Waals surface area contributed by atoms with Gasteiger partial charge in [-0.25, -0.2) is 0 Å². The van der Waals surface area contributed by atoms with E-state index < -0.39 is 0 Å². The molecule has 1 amide bonds. The lowest BCUT2D eigenvalue weighted by atomic mass is 10.1. The van der Waals surface area contributed by atoms with Crippen molar-refractivity contribution in [3.8, 4) is 11.3 Å². The van der Waals surface area contributed by atoms with E-state index in [4.69, 9.17) is 16.0 Å². The van der Waals surface area contributed by atoms with Gasteiger partial charge in [0.25, 0.3) is 5.91 Å². The van der Waals surface area contributed by atoms with Crippen molar-refractivity contribution in [2.24, 2.45) is 5.10 Å². The second kappa shape index (κ2) is 7.37. The van der Waals surface area contributed by atoms with Crippen molar-refractivity contribution in [2.45, 2.75) is 27.7 Å². The fourth-order valence-electron chi connectivity index (χ4n) is 3.31. The molecule has 2 heterocycles. The van der Waals surface area contributed by atoms with Crippen LogP contribution in [0, 0.1) is 20.8 Å². The van der Waals surface area contributed by atoms with Gasteiger partial charge in [0, 0.05) is 10.6 Å². The van der Waals surface area contributed by atoms with Gasteiger partial charge in [-0.1, -0.05) is 29.8 Å². The minimum absolute atomic E-state index is 0.164. The van der Waals surface area contributed by atoms with Gasteiger partial charge >= 0.3 is 0 Å². The average molecular weight is 405 g/mol. The number of carbonyl (C=O) groups excluding carboxylic acids is 1. The van der Waals surface area contributed by atoms with E-state index in [0.717, 1.165) is 22.4 Å². The molecule has 0 bridgehead atoms. The van der Waals surface area contributed by atoms with Gasteiger partial charge in [-0.15, -0.1) is 0 Å². The van der Waals surface area contributed by atoms with Crippen molar-refractivity contribution < 1.29 is 9.21 Å². The number of nitrogens with zero attached hydrogens (tertiary/aromatic N) is 2. The summed E-state index contributed by atoms with van der Waals surface area (Å²) in [5.74, 6) is 1.14. The Balaban J connectivity index is 1.65. The van der Waals surface area contributed by atoms with Gasteiger partial charge in [-0.3, -0.25) is 4.79 Å². The average Bonchev–Trinajstić information content (AvgIpc) is 3.26. The van der Waals surface area contributed by atoms with E-state index in [2.05, 4.69) is 5.10 Å². The molecule has 0 fully saturated rings. The summed E-state index contributed by atoms with van der Waals surface area (Å²) in [5, 5.41) is 6.59. The van der Waals surface area contributed by atoms with Gasteiger partial charge < -0.3 is 4.42 Å². The molecule has 5 heteroatoms. The quantitative estimate of drug-likeness (QED) is 0.478. The molecule has 0 aliphatic carbocycles. The third kappa shape index (κ3) is 3.52. The number of rotatable bonds is 3. The smallest absolute Gasteiger partial charge is 0.280 e. The van der Waals surface area contributed by atoms with Crippen LogP contribution in [0.3, 0.4) is 0 Å². The Kier molecular flexibility index (Phi) is 4.89. The summed E-state index contributed by atoms with van der Waals surface area (Å²) in [6.45, 7) is 7.85. The summed E-state index contributed by atoms with van der Waals surface area (Å²) >= 11 is 6.22. The van der Waals surface area contributed by atoms with Gasteiger partial charge in [0.15, 0.2) is 0 Å². The number of carbonyl (C=O) groups is 1. The van der Waals surface area contributed by atoms with Gasteiger partial charge in [0.05, 0.1) is 17.0 Å².